The van der Waals surface area contributed by atoms with E-state index in [1.165, 1.54) is 10.6 Å². The van der Waals surface area contributed by atoms with E-state index in [1.54, 1.807) is 11.3 Å². The minimum absolute atomic E-state index is 0.176. The largest absolute Gasteiger partial charge is 0.367 e. The zero-order chi connectivity index (χ0) is 26.8. The summed E-state index contributed by atoms with van der Waals surface area (Å²) in [5, 5.41) is 1.18. The molecule has 0 amide bonds. The zero-order valence-electron chi connectivity index (χ0n) is 20.0. The van der Waals surface area contributed by atoms with E-state index in [0.717, 1.165) is 37.7 Å². The highest BCUT2D eigenvalue weighted by molar-refractivity contribution is 9.10. The van der Waals surface area contributed by atoms with Gasteiger partial charge in [0.15, 0.2) is 0 Å². The lowest BCUT2D eigenvalue weighted by Crippen LogP contribution is -2.41. The molecule has 4 rings (SSSR count). The summed E-state index contributed by atoms with van der Waals surface area (Å²) in [4.78, 5) is 2.34. The van der Waals surface area contributed by atoms with Crippen LogP contribution in [0.25, 0.3) is 10.2 Å². The van der Waals surface area contributed by atoms with E-state index in [4.69, 9.17) is 9.11 Å². The second kappa shape index (κ2) is 12.0. The van der Waals surface area contributed by atoms with Crippen LogP contribution in [0.2, 0.25) is 0 Å². The molecule has 3 aromatic rings. The average molecular weight is 698 g/mol. The van der Waals surface area contributed by atoms with Gasteiger partial charge >= 0.3 is 0 Å². The third kappa shape index (κ3) is 7.96. The number of anilines is 1. The Balaban J connectivity index is 1.58. The molecule has 0 fully saturated rings. The number of nitrogens with zero attached hydrogens (tertiary/aromatic N) is 2. The van der Waals surface area contributed by atoms with Gasteiger partial charge in [0.1, 0.15) is 11.2 Å². The standard InChI is InChI=1S/C24H28Br2N2O6S3/c25-18-6-5-17-13-20(27(21(17)14-18)9-1-3-11-36(29,30)31)16-24-28(10-2-4-12-37(32,33)34)22-15-19(26)7-8-23(22)35-24/h5-8,14-15,20H,1-4,9-13,16H2,(H-,29,30,31,32,33,34)/p+1. The molecule has 1 aliphatic heterocycles. The Morgan fingerprint density at radius 3 is 2.27 bits per heavy atom. The number of fused-ring (bicyclic) bond motifs is 2. The second-order valence-corrected chi connectivity index (χ2v) is 15.4. The van der Waals surface area contributed by atoms with Crippen molar-refractivity contribution in [3.05, 3.63) is 55.9 Å². The molecule has 13 heteroatoms. The van der Waals surface area contributed by atoms with Crippen molar-refractivity contribution in [2.45, 2.75) is 51.1 Å². The number of hydrogen-bond donors (Lipinski definition) is 2. The van der Waals surface area contributed by atoms with Gasteiger partial charge in [-0.2, -0.15) is 21.4 Å². The molecule has 0 radical (unpaired) electrons. The van der Waals surface area contributed by atoms with Crippen molar-refractivity contribution in [1.29, 1.82) is 0 Å². The van der Waals surface area contributed by atoms with Gasteiger partial charge in [-0.05, 0) is 55.5 Å². The number of benzene rings is 2. The van der Waals surface area contributed by atoms with Crippen LogP contribution in [0.15, 0.2) is 45.3 Å². The van der Waals surface area contributed by atoms with E-state index < -0.39 is 20.2 Å². The number of hydrogen-bond acceptors (Lipinski definition) is 6. The van der Waals surface area contributed by atoms with Gasteiger partial charge in [0.2, 0.25) is 10.5 Å². The van der Waals surface area contributed by atoms with Crippen LogP contribution in [0.5, 0.6) is 0 Å². The number of aromatic nitrogens is 1. The summed E-state index contributed by atoms with van der Waals surface area (Å²) in [7, 11) is -7.96. The number of unbranched alkanes of at least 4 members (excludes halogenated alkanes) is 2. The third-order valence-corrected chi connectivity index (χ3v) is 10.3. The Labute approximate surface area is 238 Å². The molecular formula is C24H29Br2N2O6S3+. The molecule has 1 unspecified atom stereocenters. The summed E-state index contributed by atoms with van der Waals surface area (Å²) >= 11 is 8.86. The first-order valence-corrected chi connectivity index (χ1v) is 17.6. The van der Waals surface area contributed by atoms with Gasteiger partial charge in [0.05, 0.1) is 17.9 Å². The van der Waals surface area contributed by atoms with Gasteiger partial charge in [-0.1, -0.05) is 49.3 Å². The molecule has 1 aliphatic rings. The highest BCUT2D eigenvalue weighted by Crippen LogP contribution is 2.37. The molecule has 0 bridgehead atoms. The predicted molar refractivity (Wildman–Crippen MR) is 154 cm³/mol. The Kier molecular flexibility index (Phi) is 9.35. The maximum absolute atomic E-state index is 11.2. The molecule has 2 aromatic carbocycles. The molecule has 202 valence electrons. The first kappa shape index (κ1) is 28.9. The predicted octanol–water partition coefficient (Wildman–Crippen LogP) is 5.02. The lowest BCUT2D eigenvalue weighted by atomic mass is 10.1. The molecule has 37 heavy (non-hydrogen) atoms. The van der Waals surface area contributed by atoms with Crippen LogP contribution in [0.4, 0.5) is 5.69 Å². The summed E-state index contributed by atoms with van der Waals surface area (Å²) in [5.74, 6) is -0.496. The van der Waals surface area contributed by atoms with Crippen LogP contribution in [-0.4, -0.2) is 50.0 Å². The molecule has 1 atom stereocenters. The van der Waals surface area contributed by atoms with Crippen LogP contribution in [0.3, 0.4) is 0 Å². The van der Waals surface area contributed by atoms with Crippen LogP contribution >= 0.6 is 43.2 Å². The van der Waals surface area contributed by atoms with E-state index in [-0.39, 0.29) is 17.5 Å². The fraction of sp³-hybridized carbons (Fsp3) is 0.458. The summed E-state index contributed by atoms with van der Waals surface area (Å²) < 4.78 is 68.2. The van der Waals surface area contributed by atoms with Crippen LogP contribution in [0, 0.1) is 0 Å². The van der Waals surface area contributed by atoms with E-state index in [9.17, 15) is 16.8 Å². The smallest absolute Gasteiger partial charge is 0.264 e. The number of aryl methyl sites for hydroxylation is 1. The summed E-state index contributed by atoms with van der Waals surface area (Å²) in [6, 6.07) is 12.6. The van der Waals surface area contributed by atoms with Gasteiger partial charge in [-0.15, -0.1) is 0 Å². The lowest BCUT2D eigenvalue weighted by Gasteiger charge is -2.27. The van der Waals surface area contributed by atoms with Crippen molar-refractivity contribution in [2.24, 2.45) is 0 Å². The number of halogens is 2. The van der Waals surface area contributed by atoms with Crippen molar-refractivity contribution in [2.75, 3.05) is 23.0 Å². The molecule has 8 nitrogen and oxygen atoms in total. The molecular weight excluding hydrogens is 668 g/mol. The fourth-order valence-electron chi connectivity index (χ4n) is 4.85. The SMILES string of the molecule is O=S(=O)(O)CCCCN1c2cc(Br)ccc2CC1Cc1sc2ccc(Br)cc2[n+]1CCCCS(=O)(=O)O. The fourth-order valence-corrected chi connectivity index (χ4v) is 7.92. The van der Waals surface area contributed by atoms with Gasteiger partial charge < -0.3 is 4.90 Å². The first-order chi connectivity index (χ1) is 17.4. The monoisotopic (exact) mass is 695 g/mol. The molecule has 2 N–H and O–H groups in total. The van der Waals surface area contributed by atoms with Gasteiger partial charge in [-0.25, -0.2) is 0 Å². The molecule has 1 aromatic heterocycles. The molecule has 0 saturated heterocycles. The summed E-state index contributed by atoms with van der Waals surface area (Å²) in [6.07, 6.45) is 3.65. The van der Waals surface area contributed by atoms with E-state index >= 15 is 0 Å². The van der Waals surface area contributed by atoms with Crippen molar-refractivity contribution in [1.82, 2.24) is 0 Å². The Morgan fingerprint density at radius 1 is 0.919 bits per heavy atom. The average Bonchev–Trinajstić information content (AvgIpc) is 3.30. The highest BCUT2D eigenvalue weighted by atomic mass is 79.9. The normalized spacial score (nSPS) is 16.0. The first-order valence-electron chi connectivity index (χ1n) is 12.0. The number of rotatable bonds is 12. The Bertz CT molecular complexity index is 1490. The quantitative estimate of drug-likeness (QED) is 0.155. The van der Waals surface area contributed by atoms with Crippen molar-refractivity contribution >= 4 is 79.3 Å². The maximum Gasteiger partial charge on any atom is 0.264 e. The second-order valence-electron chi connectivity index (χ2n) is 9.27. The molecule has 2 heterocycles. The third-order valence-electron chi connectivity index (χ3n) is 6.49. The topological polar surface area (TPSA) is 116 Å². The Hall–Kier alpha value is -1.09. The summed E-state index contributed by atoms with van der Waals surface area (Å²) in [6.45, 7) is 1.31. The lowest BCUT2D eigenvalue weighted by molar-refractivity contribution is -0.674. The van der Waals surface area contributed by atoms with Gasteiger partial charge in [-0.3, -0.25) is 9.11 Å². The van der Waals surface area contributed by atoms with Crippen molar-refractivity contribution in [3.8, 4) is 0 Å². The van der Waals surface area contributed by atoms with E-state index in [1.807, 2.05) is 12.1 Å². The van der Waals surface area contributed by atoms with Crippen LogP contribution in [0.1, 0.15) is 36.3 Å². The van der Waals surface area contributed by atoms with Crippen molar-refractivity contribution < 1.29 is 30.5 Å². The molecule has 0 spiro atoms. The van der Waals surface area contributed by atoms with Crippen molar-refractivity contribution in [3.63, 3.8) is 0 Å². The Morgan fingerprint density at radius 2 is 1.57 bits per heavy atom. The van der Waals surface area contributed by atoms with Gasteiger partial charge in [0.25, 0.3) is 20.2 Å². The van der Waals surface area contributed by atoms with E-state index in [2.05, 4.69) is 65.6 Å². The van der Waals surface area contributed by atoms with Crippen LogP contribution in [-0.2, 0) is 39.6 Å². The summed E-state index contributed by atoms with van der Waals surface area (Å²) in [5.41, 5.74) is 3.46. The molecule has 0 aliphatic carbocycles. The highest BCUT2D eigenvalue weighted by Gasteiger charge is 2.33. The minimum atomic E-state index is -3.98. The van der Waals surface area contributed by atoms with Gasteiger partial charge in [0, 0.05) is 39.7 Å². The maximum atomic E-state index is 11.2. The molecule has 0 saturated carbocycles. The zero-order valence-corrected chi connectivity index (χ0v) is 25.6. The number of thiazole rings is 1. The van der Waals surface area contributed by atoms with E-state index in [0.29, 0.717) is 38.8 Å². The minimum Gasteiger partial charge on any atom is -0.367 e. The van der Waals surface area contributed by atoms with Crippen LogP contribution < -0.4 is 9.47 Å².